The van der Waals surface area contributed by atoms with Crippen molar-refractivity contribution in [1.82, 2.24) is 0 Å². The predicted molar refractivity (Wildman–Crippen MR) is 44.7 cm³/mol. The molecule has 0 bridgehead atoms. The zero-order chi connectivity index (χ0) is 7.82. The molecule has 0 saturated carbocycles. The summed E-state index contributed by atoms with van der Waals surface area (Å²) in [6.07, 6.45) is 8.89. The Morgan fingerprint density at radius 2 is 2.20 bits per heavy atom. The molecule has 0 unspecified atom stereocenters. The lowest BCUT2D eigenvalue weighted by molar-refractivity contribution is 0.308. The monoisotopic (exact) mass is 138 g/mol. The van der Waals surface area contributed by atoms with Gasteiger partial charge < -0.3 is 4.74 Å². The van der Waals surface area contributed by atoms with Gasteiger partial charge in [0.05, 0.1) is 7.11 Å². The van der Waals surface area contributed by atoms with Crippen LogP contribution in [0.2, 0.25) is 0 Å². The molecule has 0 saturated heterocycles. The standard InChI is InChI=1S/C9H14O/c1-4-5-6-7-8-9(2)10-3/h4-5,7-8H,2,6H2,1,3H3/b5-4-,8-7-. The van der Waals surface area contributed by atoms with Gasteiger partial charge in [-0.2, -0.15) is 0 Å². The van der Waals surface area contributed by atoms with Gasteiger partial charge in [0, 0.05) is 0 Å². The molecule has 0 aliphatic heterocycles. The van der Waals surface area contributed by atoms with E-state index in [1.807, 2.05) is 25.2 Å². The number of ether oxygens (including phenoxy) is 1. The van der Waals surface area contributed by atoms with Crippen LogP contribution in [0, 0.1) is 0 Å². The van der Waals surface area contributed by atoms with Crippen molar-refractivity contribution in [2.24, 2.45) is 0 Å². The van der Waals surface area contributed by atoms with E-state index < -0.39 is 0 Å². The lowest BCUT2D eigenvalue weighted by atomic mass is 10.3. The van der Waals surface area contributed by atoms with E-state index in [1.165, 1.54) is 0 Å². The van der Waals surface area contributed by atoms with Crippen molar-refractivity contribution in [3.63, 3.8) is 0 Å². The first-order valence-electron chi connectivity index (χ1n) is 3.32. The molecule has 0 aromatic heterocycles. The van der Waals surface area contributed by atoms with Gasteiger partial charge in [0.15, 0.2) is 0 Å². The summed E-state index contributed by atoms with van der Waals surface area (Å²) in [6.45, 7) is 5.64. The number of allylic oxidation sites excluding steroid dienone is 4. The Kier molecular flexibility index (Phi) is 5.54. The molecule has 0 heterocycles. The van der Waals surface area contributed by atoms with Gasteiger partial charge in [-0.3, -0.25) is 0 Å². The molecule has 0 aliphatic rings. The van der Waals surface area contributed by atoms with Crippen molar-refractivity contribution >= 4 is 0 Å². The Hall–Kier alpha value is -0.980. The highest BCUT2D eigenvalue weighted by Crippen LogP contribution is 1.94. The maximum absolute atomic E-state index is 4.83. The zero-order valence-electron chi connectivity index (χ0n) is 6.63. The van der Waals surface area contributed by atoms with Crippen LogP contribution < -0.4 is 0 Å². The van der Waals surface area contributed by atoms with Gasteiger partial charge in [0.1, 0.15) is 5.76 Å². The topological polar surface area (TPSA) is 9.23 Å². The molecule has 0 atom stereocenters. The van der Waals surface area contributed by atoms with Crippen molar-refractivity contribution in [2.75, 3.05) is 7.11 Å². The molecule has 0 aliphatic carbocycles. The maximum Gasteiger partial charge on any atom is 0.111 e. The molecule has 0 amide bonds. The summed E-state index contributed by atoms with van der Waals surface area (Å²) in [4.78, 5) is 0. The van der Waals surface area contributed by atoms with Crippen molar-refractivity contribution < 1.29 is 4.74 Å². The van der Waals surface area contributed by atoms with E-state index in [0.717, 1.165) is 6.42 Å². The minimum atomic E-state index is 0.699. The van der Waals surface area contributed by atoms with E-state index in [2.05, 4.69) is 12.7 Å². The van der Waals surface area contributed by atoms with Gasteiger partial charge in [-0.1, -0.05) is 24.8 Å². The van der Waals surface area contributed by atoms with Crippen molar-refractivity contribution in [1.29, 1.82) is 0 Å². The largest absolute Gasteiger partial charge is 0.497 e. The van der Waals surface area contributed by atoms with Crippen molar-refractivity contribution in [3.8, 4) is 0 Å². The molecule has 0 N–H and O–H groups in total. The highest BCUT2D eigenvalue weighted by Gasteiger charge is 1.78. The van der Waals surface area contributed by atoms with Crippen molar-refractivity contribution in [3.05, 3.63) is 36.6 Å². The molecule has 0 aromatic carbocycles. The average molecular weight is 138 g/mol. The van der Waals surface area contributed by atoms with Crippen LogP contribution in [0.1, 0.15) is 13.3 Å². The minimum absolute atomic E-state index is 0.699. The van der Waals surface area contributed by atoms with E-state index >= 15 is 0 Å². The molecule has 0 spiro atoms. The summed E-state index contributed by atoms with van der Waals surface area (Å²) in [5.41, 5.74) is 0. The molecule has 10 heavy (non-hydrogen) atoms. The Balaban J connectivity index is 3.45. The summed E-state index contributed by atoms with van der Waals surface area (Å²) in [5, 5.41) is 0. The predicted octanol–water partition coefficient (Wildman–Crippen LogP) is 2.67. The fraction of sp³-hybridized carbons (Fsp3) is 0.333. The highest BCUT2D eigenvalue weighted by molar-refractivity contribution is 5.08. The van der Waals surface area contributed by atoms with E-state index in [-0.39, 0.29) is 0 Å². The first-order chi connectivity index (χ1) is 4.81. The molecule has 0 radical (unpaired) electrons. The first-order valence-corrected chi connectivity index (χ1v) is 3.32. The number of rotatable bonds is 4. The van der Waals surface area contributed by atoms with Crippen LogP contribution in [0.4, 0.5) is 0 Å². The van der Waals surface area contributed by atoms with Crippen molar-refractivity contribution in [2.45, 2.75) is 13.3 Å². The molecule has 0 rings (SSSR count). The first kappa shape index (κ1) is 9.02. The van der Waals surface area contributed by atoms with Gasteiger partial charge in [-0.05, 0) is 19.4 Å². The summed E-state index contributed by atoms with van der Waals surface area (Å²) < 4.78 is 4.83. The summed E-state index contributed by atoms with van der Waals surface area (Å²) in [7, 11) is 1.61. The van der Waals surface area contributed by atoms with E-state index in [9.17, 15) is 0 Å². The maximum atomic E-state index is 4.83. The van der Waals surface area contributed by atoms with Crippen LogP contribution in [-0.2, 0) is 4.74 Å². The highest BCUT2D eigenvalue weighted by atomic mass is 16.5. The second-order valence-corrected chi connectivity index (χ2v) is 1.88. The smallest absolute Gasteiger partial charge is 0.111 e. The van der Waals surface area contributed by atoms with Gasteiger partial charge >= 0.3 is 0 Å². The second kappa shape index (κ2) is 6.14. The third-order valence-electron chi connectivity index (χ3n) is 1.07. The lowest BCUT2D eigenvalue weighted by Crippen LogP contribution is -1.75. The number of methoxy groups -OCH3 is 1. The summed E-state index contributed by atoms with van der Waals surface area (Å²) >= 11 is 0. The molecule has 1 nitrogen and oxygen atoms in total. The Morgan fingerprint density at radius 1 is 1.50 bits per heavy atom. The van der Waals surface area contributed by atoms with Crippen LogP contribution in [0.5, 0.6) is 0 Å². The van der Waals surface area contributed by atoms with E-state index in [4.69, 9.17) is 4.74 Å². The minimum Gasteiger partial charge on any atom is -0.497 e. The van der Waals surface area contributed by atoms with Gasteiger partial charge in [0.25, 0.3) is 0 Å². The fourth-order valence-corrected chi connectivity index (χ4v) is 0.482. The van der Waals surface area contributed by atoms with Gasteiger partial charge in [0.2, 0.25) is 0 Å². The normalized spacial score (nSPS) is 11.0. The molecular weight excluding hydrogens is 124 g/mol. The molecule has 56 valence electrons. The van der Waals surface area contributed by atoms with Crippen LogP contribution in [0.15, 0.2) is 36.6 Å². The quantitative estimate of drug-likeness (QED) is 0.329. The average Bonchev–Trinajstić information content (AvgIpc) is 1.98. The number of hydrogen-bond donors (Lipinski definition) is 0. The van der Waals surface area contributed by atoms with Crippen LogP contribution in [0.25, 0.3) is 0 Å². The Morgan fingerprint density at radius 3 is 2.70 bits per heavy atom. The summed E-state index contributed by atoms with van der Waals surface area (Å²) in [5.74, 6) is 0.699. The molecule has 1 heteroatoms. The van der Waals surface area contributed by atoms with E-state index in [0.29, 0.717) is 5.76 Å². The fourth-order valence-electron chi connectivity index (χ4n) is 0.482. The van der Waals surface area contributed by atoms with Gasteiger partial charge in [-0.25, -0.2) is 0 Å². The van der Waals surface area contributed by atoms with Crippen LogP contribution >= 0.6 is 0 Å². The third kappa shape index (κ3) is 5.16. The van der Waals surface area contributed by atoms with E-state index in [1.54, 1.807) is 7.11 Å². The molecule has 0 fully saturated rings. The number of hydrogen-bond acceptors (Lipinski definition) is 1. The lowest BCUT2D eigenvalue weighted by Gasteiger charge is -1.93. The summed E-state index contributed by atoms with van der Waals surface area (Å²) in [6, 6.07) is 0. The zero-order valence-corrected chi connectivity index (χ0v) is 6.63. The molecule has 0 aromatic rings. The molecular formula is C9H14O. The Bertz CT molecular complexity index is 143. The third-order valence-corrected chi connectivity index (χ3v) is 1.07. The van der Waals surface area contributed by atoms with Crippen LogP contribution in [-0.4, -0.2) is 7.11 Å². The SMILES string of the molecule is C=C(/C=C\C/C=C\C)OC. The second-order valence-electron chi connectivity index (χ2n) is 1.88. The van der Waals surface area contributed by atoms with Gasteiger partial charge in [-0.15, -0.1) is 0 Å². The van der Waals surface area contributed by atoms with Crippen LogP contribution in [0.3, 0.4) is 0 Å². The Labute approximate surface area is 62.7 Å².